The molecule has 0 unspecified atom stereocenters. The monoisotopic (exact) mass is 310 g/mol. The molecule has 0 amide bonds. The number of piperazine rings is 1. The number of hydrogen-bond donors (Lipinski definition) is 2. The van der Waals surface area contributed by atoms with Crippen LogP contribution in [0.15, 0.2) is 5.38 Å². The molecule has 2 aromatic heterocycles. The highest BCUT2D eigenvalue weighted by atomic mass is 32.1. The van der Waals surface area contributed by atoms with Crippen LogP contribution in [0.25, 0.3) is 11.5 Å². The maximum atomic E-state index is 4.96. The van der Waals surface area contributed by atoms with Crippen molar-refractivity contribution in [2.45, 2.75) is 13.5 Å². The molecule has 1 saturated heterocycles. The highest BCUT2D eigenvalue weighted by molar-refractivity contribution is 7.71. The molecule has 0 aromatic carbocycles. The Bertz CT molecular complexity index is 607. The molecule has 3 heterocycles. The molecule has 3 rings (SSSR count). The Morgan fingerprint density at radius 2 is 1.95 bits per heavy atom. The van der Waals surface area contributed by atoms with E-state index in [-0.39, 0.29) is 0 Å². The van der Waals surface area contributed by atoms with Crippen molar-refractivity contribution >= 4 is 23.6 Å². The second kappa shape index (κ2) is 6.13. The standard InChI is InChI=1S/C12H18N6S2/c1-2-17-3-5-18(6-4-17)7-10-13-9(8-20-10)11-14-12(19)16-15-11/h8H,2-7H2,1H3,(H2,14,15,16,19). The second-order valence-corrected chi connectivity index (χ2v) is 6.18. The zero-order valence-corrected chi connectivity index (χ0v) is 13.1. The maximum absolute atomic E-state index is 4.96. The van der Waals surface area contributed by atoms with Crippen molar-refractivity contribution in [3.63, 3.8) is 0 Å². The van der Waals surface area contributed by atoms with E-state index >= 15 is 0 Å². The Kier molecular flexibility index (Phi) is 4.25. The summed E-state index contributed by atoms with van der Waals surface area (Å²) >= 11 is 6.64. The molecule has 1 aliphatic rings. The molecule has 6 nitrogen and oxygen atoms in total. The molecule has 0 aliphatic carbocycles. The van der Waals surface area contributed by atoms with Crippen molar-refractivity contribution in [3.05, 3.63) is 15.2 Å². The van der Waals surface area contributed by atoms with E-state index in [0.717, 1.165) is 50.0 Å². The molecule has 0 saturated carbocycles. The molecule has 20 heavy (non-hydrogen) atoms. The van der Waals surface area contributed by atoms with E-state index in [4.69, 9.17) is 12.2 Å². The lowest BCUT2D eigenvalue weighted by Gasteiger charge is -2.33. The Balaban J connectivity index is 1.62. The minimum absolute atomic E-state index is 0.463. The minimum atomic E-state index is 0.463. The fraction of sp³-hybridized carbons (Fsp3) is 0.583. The number of hydrogen-bond acceptors (Lipinski definition) is 6. The highest BCUT2D eigenvalue weighted by Crippen LogP contribution is 2.19. The number of aromatic nitrogens is 4. The summed E-state index contributed by atoms with van der Waals surface area (Å²) in [7, 11) is 0. The van der Waals surface area contributed by atoms with Gasteiger partial charge in [0, 0.05) is 31.6 Å². The maximum Gasteiger partial charge on any atom is 0.213 e. The Hall–Kier alpha value is -1.09. The first kappa shape index (κ1) is 13.9. The third-order valence-electron chi connectivity index (χ3n) is 3.57. The van der Waals surface area contributed by atoms with Gasteiger partial charge >= 0.3 is 0 Å². The van der Waals surface area contributed by atoms with Gasteiger partial charge in [-0.3, -0.25) is 15.1 Å². The summed E-state index contributed by atoms with van der Waals surface area (Å²) < 4.78 is 0.463. The molecule has 108 valence electrons. The van der Waals surface area contributed by atoms with Gasteiger partial charge in [-0.2, -0.15) is 4.98 Å². The fourth-order valence-corrected chi connectivity index (χ4v) is 3.30. The number of thiazole rings is 1. The van der Waals surface area contributed by atoms with Gasteiger partial charge in [0.05, 0.1) is 6.54 Å². The van der Waals surface area contributed by atoms with Crippen molar-refractivity contribution in [2.24, 2.45) is 0 Å². The molecular weight excluding hydrogens is 292 g/mol. The van der Waals surface area contributed by atoms with Crippen LogP contribution >= 0.6 is 23.6 Å². The summed E-state index contributed by atoms with van der Waals surface area (Å²) in [5.74, 6) is 0.716. The first-order valence-electron chi connectivity index (χ1n) is 6.79. The SMILES string of the molecule is CCN1CCN(Cc2nc(-c3nc(=S)[nH][nH]3)cs2)CC1. The van der Waals surface area contributed by atoms with Gasteiger partial charge in [0.2, 0.25) is 4.77 Å². The third kappa shape index (κ3) is 3.14. The smallest absolute Gasteiger partial charge is 0.213 e. The van der Waals surface area contributed by atoms with Crippen LogP contribution < -0.4 is 0 Å². The van der Waals surface area contributed by atoms with E-state index in [1.54, 1.807) is 11.3 Å². The van der Waals surface area contributed by atoms with E-state index in [1.165, 1.54) is 0 Å². The van der Waals surface area contributed by atoms with E-state index < -0.39 is 0 Å². The summed E-state index contributed by atoms with van der Waals surface area (Å²) in [5, 5.41) is 8.89. The van der Waals surface area contributed by atoms with Crippen LogP contribution in [0, 0.1) is 4.77 Å². The molecule has 8 heteroatoms. The van der Waals surface area contributed by atoms with Crippen LogP contribution in [-0.4, -0.2) is 62.7 Å². The average molecular weight is 310 g/mol. The normalized spacial score (nSPS) is 17.6. The van der Waals surface area contributed by atoms with Gasteiger partial charge in [0.15, 0.2) is 5.82 Å². The molecule has 2 aromatic rings. The second-order valence-electron chi connectivity index (χ2n) is 4.85. The van der Waals surface area contributed by atoms with Gasteiger partial charge < -0.3 is 4.90 Å². The molecule has 0 atom stereocenters. The fourth-order valence-electron chi connectivity index (χ4n) is 2.34. The topological polar surface area (TPSA) is 63.8 Å². The number of nitrogens with zero attached hydrogens (tertiary/aromatic N) is 4. The molecule has 0 radical (unpaired) electrons. The van der Waals surface area contributed by atoms with E-state index in [1.807, 2.05) is 5.38 Å². The van der Waals surface area contributed by atoms with Crippen LogP contribution in [0.2, 0.25) is 0 Å². The van der Waals surface area contributed by atoms with Crippen molar-refractivity contribution in [1.29, 1.82) is 0 Å². The van der Waals surface area contributed by atoms with Crippen molar-refractivity contribution < 1.29 is 0 Å². The predicted molar refractivity (Wildman–Crippen MR) is 82.3 cm³/mol. The molecule has 1 fully saturated rings. The first-order chi connectivity index (χ1) is 9.74. The molecule has 0 spiro atoms. The van der Waals surface area contributed by atoms with Crippen LogP contribution in [0.1, 0.15) is 11.9 Å². The van der Waals surface area contributed by atoms with E-state index in [0.29, 0.717) is 10.6 Å². The molecule has 0 bridgehead atoms. The van der Waals surface area contributed by atoms with Crippen molar-refractivity contribution in [2.75, 3.05) is 32.7 Å². The van der Waals surface area contributed by atoms with Gasteiger partial charge in [-0.15, -0.1) is 11.3 Å². The number of nitrogens with one attached hydrogen (secondary N) is 2. The Labute approximate surface area is 126 Å². The van der Waals surface area contributed by atoms with Crippen LogP contribution in [0.3, 0.4) is 0 Å². The van der Waals surface area contributed by atoms with Crippen LogP contribution in [0.4, 0.5) is 0 Å². The summed E-state index contributed by atoms with van der Waals surface area (Å²) in [6.07, 6.45) is 0. The lowest BCUT2D eigenvalue weighted by molar-refractivity contribution is 0.132. The molecular formula is C12H18N6S2. The number of rotatable bonds is 4. The zero-order chi connectivity index (χ0) is 13.9. The molecule has 1 aliphatic heterocycles. The summed E-state index contributed by atoms with van der Waals surface area (Å²) in [4.78, 5) is 13.8. The lowest BCUT2D eigenvalue weighted by Crippen LogP contribution is -2.45. The van der Waals surface area contributed by atoms with Gasteiger partial charge in [-0.25, -0.2) is 4.98 Å². The van der Waals surface area contributed by atoms with Gasteiger partial charge in [-0.1, -0.05) is 6.92 Å². The van der Waals surface area contributed by atoms with Gasteiger partial charge in [0.1, 0.15) is 10.7 Å². The molecule has 2 N–H and O–H groups in total. The van der Waals surface area contributed by atoms with Gasteiger partial charge in [0.25, 0.3) is 0 Å². The first-order valence-corrected chi connectivity index (χ1v) is 8.07. The van der Waals surface area contributed by atoms with E-state index in [9.17, 15) is 0 Å². The van der Waals surface area contributed by atoms with Crippen LogP contribution in [0.5, 0.6) is 0 Å². The van der Waals surface area contributed by atoms with E-state index in [2.05, 4.69) is 36.9 Å². The highest BCUT2D eigenvalue weighted by Gasteiger charge is 2.17. The quantitative estimate of drug-likeness (QED) is 0.842. The predicted octanol–water partition coefficient (Wildman–Crippen LogP) is 1.73. The summed E-state index contributed by atoms with van der Waals surface area (Å²) in [5.41, 5.74) is 0.865. The number of H-pyrrole nitrogens is 2. The van der Waals surface area contributed by atoms with Gasteiger partial charge in [-0.05, 0) is 18.8 Å². The number of aromatic amines is 2. The zero-order valence-electron chi connectivity index (χ0n) is 11.4. The third-order valence-corrected chi connectivity index (χ3v) is 4.59. The van der Waals surface area contributed by atoms with Crippen molar-refractivity contribution in [3.8, 4) is 11.5 Å². The average Bonchev–Trinajstić information content (AvgIpc) is 3.09. The minimum Gasteiger partial charge on any atom is -0.301 e. The summed E-state index contributed by atoms with van der Waals surface area (Å²) in [6.45, 7) is 8.83. The Morgan fingerprint density at radius 1 is 1.20 bits per heavy atom. The largest absolute Gasteiger partial charge is 0.301 e. The summed E-state index contributed by atoms with van der Waals surface area (Å²) in [6, 6.07) is 0. The lowest BCUT2D eigenvalue weighted by atomic mass is 10.3. The van der Waals surface area contributed by atoms with Crippen LogP contribution in [-0.2, 0) is 6.54 Å². The van der Waals surface area contributed by atoms with Crippen molar-refractivity contribution in [1.82, 2.24) is 30.0 Å². The Morgan fingerprint density at radius 3 is 2.60 bits per heavy atom. The number of likely N-dealkylation sites (N-methyl/N-ethyl adjacent to an activating group) is 1.